The molecule has 0 radical (unpaired) electrons. The first-order chi connectivity index (χ1) is 11.7. The minimum absolute atomic E-state index is 0.125. The third kappa shape index (κ3) is 5.21. The van der Waals surface area contributed by atoms with Gasteiger partial charge in [0.1, 0.15) is 6.54 Å². The minimum Gasteiger partial charge on any atom is -0.325 e. The first-order valence-electron chi connectivity index (χ1n) is 7.80. The zero-order valence-corrected chi connectivity index (χ0v) is 15.9. The summed E-state index contributed by atoms with van der Waals surface area (Å²) in [7, 11) is -3.62. The number of carbonyl (C=O) groups excluding carboxylic acids is 1. The number of rotatable bonds is 6. The first-order valence-corrected chi connectivity index (χ1v) is 10.0. The number of anilines is 2. The van der Waals surface area contributed by atoms with Crippen molar-refractivity contribution in [2.75, 3.05) is 22.4 Å². The van der Waals surface area contributed by atoms with E-state index >= 15 is 0 Å². The maximum Gasteiger partial charge on any atom is 0.245 e. The van der Waals surface area contributed by atoms with Crippen molar-refractivity contribution in [3.05, 3.63) is 59.1 Å². The van der Waals surface area contributed by atoms with E-state index < -0.39 is 15.9 Å². The van der Waals surface area contributed by atoms with Crippen molar-refractivity contribution in [2.24, 2.45) is 0 Å². The van der Waals surface area contributed by atoms with Gasteiger partial charge in [-0.3, -0.25) is 9.10 Å². The van der Waals surface area contributed by atoms with Gasteiger partial charge in [-0.05, 0) is 41.8 Å². The molecule has 0 saturated heterocycles. The van der Waals surface area contributed by atoms with Gasteiger partial charge < -0.3 is 5.32 Å². The standard InChI is InChI=1S/C18H21ClN2O3S/c1-13(2)16-6-4-5-7-17(16)21(25(3,23)24)12-18(22)20-15-10-8-14(19)9-11-15/h4-11,13H,12H2,1-3H3,(H,20,22). The van der Waals surface area contributed by atoms with Crippen molar-refractivity contribution in [3.8, 4) is 0 Å². The van der Waals surface area contributed by atoms with Crippen LogP contribution in [0.25, 0.3) is 0 Å². The lowest BCUT2D eigenvalue weighted by molar-refractivity contribution is -0.114. The van der Waals surface area contributed by atoms with Crippen LogP contribution in [0.15, 0.2) is 48.5 Å². The molecule has 1 amide bonds. The zero-order valence-electron chi connectivity index (χ0n) is 14.4. The van der Waals surface area contributed by atoms with Gasteiger partial charge in [0.05, 0.1) is 11.9 Å². The van der Waals surface area contributed by atoms with Crippen LogP contribution in [0.2, 0.25) is 5.02 Å². The van der Waals surface area contributed by atoms with Crippen LogP contribution in [0, 0.1) is 0 Å². The molecule has 0 spiro atoms. The molecular weight excluding hydrogens is 360 g/mol. The van der Waals surface area contributed by atoms with Crippen molar-refractivity contribution >= 4 is 38.9 Å². The predicted molar refractivity (Wildman–Crippen MR) is 103 cm³/mol. The second kappa shape index (κ2) is 7.89. The fourth-order valence-electron chi connectivity index (χ4n) is 2.45. The van der Waals surface area contributed by atoms with Crippen LogP contribution in [0.5, 0.6) is 0 Å². The topological polar surface area (TPSA) is 66.5 Å². The van der Waals surface area contributed by atoms with E-state index in [-0.39, 0.29) is 12.5 Å². The van der Waals surface area contributed by atoms with Crippen LogP contribution in [0.1, 0.15) is 25.3 Å². The number of sulfonamides is 1. The fourth-order valence-corrected chi connectivity index (χ4v) is 3.45. The van der Waals surface area contributed by atoms with Crippen LogP contribution >= 0.6 is 11.6 Å². The average Bonchev–Trinajstić information content (AvgIpc) is 2.54. The van der Waals surface area contributed by atoms with E-state index in [0.717, 1.165) is 16.1 Å². The van der Waals surface area contributed by atoms with Gasteiger partial charge in [0.15, 0.2) is 0 Å². The molecule has 0 aromatic heterocycles. The van der Waals surface area contributed by atoms with E-state index in [2.05, 4.69) is 5.32 Å². The lowest BCUT2D eigenvalue weighted by Crippen LogP contribution is -2.38. The molecule has 0 aliphatic rings. The molecule has 0 aliphatic heterocycles. The van der Waals surface area contributed by atoms with E-state index in [9.17, 15) is 13.2 Å². The average molecular weight is 381 g/mol. The Bertz CT molecular complexity index is 849. The van der Waals surface area contributed by atoms with Gasteiger partial charge in [-0.25, -0.2) is 8.42 Å². The van der Waals surface area contributed by atoms with E-state index in [4.69, 9.17) is 11.6 Å². The summed E-state index contributed by atoms with van der Waals surface area (Å²) in [5.41, 5.74) is 1.94. The Morgan fingerprint density at radius 2 is 1.72 bits per heavy atom. The monoisotopic (exact) mass is 380 g/mol. The molecule has 0 heterocycles. The summed E-state index contributed by atoms with van der Waals surface area (Å²) in [4.78, 5) is 12.4. The molecule has 0 bridgehead atoms. The largest absolute Gasteiger partial charge is 0.325 e. The lowest BCUT2D eigenvalue weighted by Gasteiger charge is -2.25. The third-order valence-electron chi connectivity index (χ3n) is 3.64. The first kappa shape index (κ1) is 19.3. The number of hydrogen-bond acceptors (Lipinski definition) is 3. The Labute approximate surface area is 153 Å². The number of halogens is 1. The van der Waals surface area contributed by atoms with Gasteiger partial charge in [0, 0.05) is 10.7 Å². The number of nitrogens with zero attached hydrogens (tertiary/aromatic N) is 1. The van der Waals surface area contributed by atoms with Gasteiger partial charge >= 0.3 is 0 Å². The molecule has 134 valence electrons. The molecule has 0 unspecified atom stereocenters. The summed E-state index contributed by atoms with van der Waals surface area (Å²) >= 11 is 5.82. The Kier molecular flexibility index (Phi) is 6.08. The Morgan fingerprint density at radius 3 is 2.28 bits per heavy atom. The van der Waals surface area contributed by atoms with Crippen LogP contribution in [-0.4, -0.2) is 27.1 Å². The third-order valence-corrected chi connectivity index (χ3v) is 5.02. The quantitative estimate of drug-likeness (QED) is 0.827. The molecule has 1 N–H and O–H groups in total. The maximum absolute atomic E-state index is 12.4. The molecule has 2 rings (SSSR count). The van der Waals surface area contributed by atoms with Gasteiger partial charge in [-0.15, -0.1) is 0 Å². The summed E-state index contributed by atoms with van der Waals surface area (Å²) in [5, 5.41) is 3.24. The molecule has 2 aromatic rings. The summed E-state index contributed by atoms with van der Waals surface area (Å²) in [6.07, 6.45) is 1.10. The van der Waals surface area contributed by atoms with Crippen molar-refractivity contribution in [1.29, 1.82) is 0 Å². The zero-order chi connectivity index (χ0) is 18.6. The fraction of sp³-hybridized carbons (Fsp3) is 0.278. The summed E-state index contributed by atoms with van der Waals surface area (Å²) in [5.74, 6) is -0.300. The number of amides is 1. The maximum atomic E-state index is 12.4. The molecule has 2 aromatic carbocycles. The molecule has 25 heavy (non-hydrogen) atoms. The number of carbonyl (C=O) groups is 1. The summed E-state index contributed by atoms with van der Waals surface area (Å²) in [6.45, 7) is 3.66. The molecular formula is C18H21ClN2O3S. The second-order valence-electron chi connectivity index (χ2n) is 6.04. The summed E-state index contributed by atoms with van der Waals surface area (Å²) < 4.78 is 25.7. The Balaban J connectivity index is 2.28. The number of hydrogen-bond donors (Lipinski definition) is 1. The number of nitrogens with one attached hydrogen (secondary N) is 1. The van der Waals surface area contributed by atoms with Crippen LogP contribution in [0.4, 0.5) is 11.4 Å². The second-order valence-corrected chi connectivity index (χ2v) is 8.38. The van der Waals surface area contributed by atoms with Crippen molar-refractivity contribution in [1.82, 2.24) is 0 Å². The highest BCUT2D eigenvalue weighted by Crippen LogP contribution is 2.29. The van der Waals surface area contributed by atoms with Gasteiger partial charge in [0.2, 0.25) is 15.9 Å². The van der Waals surface area contributed by atoms with Crippen molar-refractivity contribution < 1.29 is 13.2 Å². The van der Waals surface area contributed by atoms with Crippen LogP contribution in [-0.2, 0) is 14.8 Å². The van der Waals surface area contributed by atoms with Crippen molar-refractivity contribution in [2.45, 2.75) is 19.8 Å². The van der Waals surface area contributed by atoms with Crippen LogP contribution in [0.3, 0.4) is 0 Å². The molecule has 7 heteroatoms. The van der Waals surface area contributed by atoms with Crippen LogP contribution < -0.4 is 9.62 Å². The van der Waals surface area contributed by atoms with Gasteiger partial charge in [0.25, 0.3) is 0 Å². The van der Waals surface area contributed by atoms with Crippen molar-refractivity contribution in [3.63, 3.8) is 0 Å². The highest BCUT2D eigenvalue weighted by Gasteiger charge is 2.23. The highest BCUT2D eigenvalue weighted by atomic mass is 35.5. The normalized spacial score (nSPS) is 11.4. The molecule has 0 saturated carbocycles. The minimum atomic E-state index is -3.62. The number of benzene rings is 2. The van der Waals surface area contributed by atoms with E-state index in [1.54, 1.807) is 36.4 Å². The van der Waals surface area contributed by atoms with E-state index in [0.29, 0.717) is 16.4 Å². The van der Waals surface area contributed by atoms with Gasteiger partial charge in [-0.1, -0.05) is 43.6 Å². The van der Waals surface area contributed by atoms with Gasteiger partial charge in [-0.2, -0.15) is 0 Å². The molecule has 0 fully saturated rings. The SMILES string of the molecule is CC(C)c1ccccc1N(CC(=O)Nc1ccc(Cl)cc1)S(C)(=O)=O. The smallest absolute Gasteiger partial charge is 0.245 e. The molecule has 5 nitrogen and oxygen atoms in total. The highest BCUT2D eigenvalue weighted by molar-refractivity contribution is 7.92. The summed E-state index contributed by atoms with van der Waals surface area (Å²) in [6, 6.07) is 13.8. The van der Waals surface area contributed by atoms with E-state index in [1.165, 1.54) is 0 Å². The molecule has 0 atom stereocenters. The van der Waals surface area contributed by atoms with E-state index in [1.807, 2.05) is 26.0 Å². The Hall–Kier alpha value is -2.05. The molecule has 0 aliphatic carbocycles. The Morgan fingerprint density at radius 1 is 1.12 bits per heavy atom. The lowest BCUT2D eigenvalue weighted by atomic mass is 10.0. The number of para-hydroxylation sites is 1. The predicted octanol–water partition coefficient (Wildman–Crippen LogP) is 3.87.